The van der Waals surface area contributed by atoms with Crippen LogP contribution in [-0.4, -0.2) is 11.5 Å². The van der Waals surface area contributed by atoms with Crippen LogP contribution in [0.15, 0.2) is 42.6 Å². The number of para-hydroxylation sites is 1. The van der Waals surface area contributed by atoms with Crippen LogP contribution >= 0.6 is 0 Å². The van der Waals surface area contributed by atoms with Gasteiger partial charge in [-0.2, -0.15) is 5.26 Å². The Labute approximate surface area is 106 Å². The molecule has 0 spiro atoms. The second-order valence-corrected chi connectivity index (χ2v) is 3.79. The Balaban J connectivity index is 2.50. The largest absolute Gasteiger partial charge is 0.395 e. The van der Waals surface area contributed by atoms with Crippen molar-refractivity contribution in [3.8, 4) is 6.07 Å². The topological polar surface area (TPSA) is 65.9 Å². The number of nitrogen functional groups attached to an aromatic ring is 1. The molecule has 2 rings (SSSR count). The molecule has 0 aliphatic heterocycles. The SMILES string of the molecule is CCN(c1ccccc1)c1nccc(C#N)c1N. The van der Waals surface area contributed by atoms with E-state index in [-0.39, 0.29) is 0 Å². The number of nitriles is 1. The molecule has 0 saturated heterocycles. The van der Waals surface area contributed by atoms with E-state index in [1.165, 1.54) is 0 Å². The number of hydrogen-bond donors (Lipinski definition) is 1. The molecule has 1 aromatic heterocycles. The van der Waals surface area contributed by atoms with Crippen LogP contribution in [0.4, 0.5) is 17.2 Å². The number of nitrogens with zero attached hydrogens (tertiary/aromatic N) is 3. The van der Waals surface area contributed by atoms with Gasteiger partial charge in [0.25, 0.3) is 0 Å². The third-order valence-electron chi connectivity index (χ3n) is 2.73. The Hall–Kier alpha value is -2.54. The second kappa shape index (κ2) is 5.19. The second-order valence-electron chi connectivity index (χ2n) is 3.79. The van der Waals surface area contributed by atoms with Crippen molar-refractivity contribution >= 4 is 17.2 Å². The highest BCUT2D eigenvalue weighted by Crippen LogP contribution is 2.29. The Morgan fingerprint density at radius 1 is 1.28 bits per heavy atom. The first-order valence-electron chi connectivity index (χ1n) is 5.75. The normalized spacial score (nSPS) is 9.78. The number of anilines is 3. The van der Waals surface area contributed by atoms with Crippen molar-refractivity contribution in [3.63, 3.8) is 0 Å². The number of aromatic nitrogens is 1. The number of pyridine rings is 1. The molecule has 0 atom stereocenters. The maximum absolute atomic E-state index is 8.99. The van der Waals surface area contributed by atoms with Gasteiger partial charge in [0.15, 0.2) is 5.82 Å². The summed E-state index contributed by atoms with van der Waals surface area (Å²) in [6.45, 7) is 2.75. The number of hydrogen-bond acceptors (Lipinski definition) is 4. The molecule has 0 bridgehead atoms. The van der Waals surface area contributed by atoms with Crippen LogP contribution in [0.5, 0.6) is 0 Å². The molecule has 2 N–H and O–H groups in total. The molecule has 0 amide bonds. The van der Waals surface area contributed by atoms with Gasteiger partial charge in [-0.05, 0) is 25.1 Å². The standard InChI is InChI=1S/C14H14N4/c1-2-18(12-6-4-3-5-7-12)14-13(16)11(10-15)8-9-17-14/h3-9H,2,16H2,1H3. The summed E-state index contributed by atoms with van der Waals surface area (Å²) >= 11 is 0. The molecular weight excluding hydrogens is 224 g/mol. The summed E-state index contributed by atoms with van der Waals surface area (Å²) in [7, 11) is 0. The Bertz CT molecular complexity index is 572. The van der Waals surface area contributed by atoms with Crippen LogP contribution in [0.2, 0.25) is 0 Å². The van der Waals surface area contributed by atoms with E-state index in [2.05, 4.69) is 11.1 Å². The minimum Gasteiger partial charge on any atom is -0.395 e. The lowest BCUT2D eigenvalue weighted by atomic mass is 10.2. The molecule has 4 heteroatoms. The van der Waals surface area contributed by atoms with Crippen LogP contribution in [0.25, 0.3) is 0 Å². The fourth-order valence-electron chi connectivity index (χ4n) is 1.84. The van der Waals surface area contributed by atoms with Gasteiger partial charge in [-0.3, -0.25) is 0 Å². The molecule has 0 radical (unpaired) electrons. The Morgan fingerprint density at radius 3 is 2.61 bits per heavy atom. The van der Waals surface area contributed by atoms with Crippen molar-refractivity contribution in [2.45, 2.75) is 6.92 Å². The van der Waals surface area contributed by atoms with Gasteiger partial charge >= 0.3 is 0 Å². The summed E-state index contributed by atoms with van der Waals surface area (Å²) in [5, 5.41) is 8.99. The summed E-state index contributed by atoms with van der Waals surface area (Å²) in [6, 6.07) is 13.6. The molecule has 0 aliphatic rings. The molecule has 0 unspecified atom stereocenters. The predicted octanol–water partition coefficient (Wildman–Crippen LogP) is 2.69. The van der Waals surface area contributed by atoms with E-state index in [1.54, 1.807) is 12.3 Å². The molecule has 0 aliphatic carbocycles. The lowest BCUT2D eigenvalue weighted by molar-refractivity contribution is 0.991. The highest BCUT2D eigenvalue weighted by atomic mass is 15.2. The van der Waals surface area contributed by atoms with E-state index in [0.29, 0.717) is 17.1 Å². The summed E-state index contributed by atoms with van der Waals surface area (Å²) in [5.41, 5.74) is 7.86. The van der Waals surface area contributed by atoms with Gasteiger partial charge in [-0.25, -0.2) is 4.98 Å². The lowest BCUT2D eigenvalue weighted by Crippen LogP contribution is -2.19. The van der Waals surface area contributed by atoms with E-state index in [4.69, 9.17) is 11.0 Å². The van der Waals surface area contributed by atoms with Crippen molar-refractivity contribution in [2.24, 2.45) is 0 Å². The van der Waals surface area contributed by atoms with E-state index in [1.807, 2.05) is 42.2 Å². The van der Waals surface area contributed by atoms with Crippen LogP contribution in [0, 0.1) is 11.3 Å². The Morgan fingerprint density at radius 2 is 2.00 bits per heavy atom. The van der Waals surface area contributed by atoms with Crippen LogP contribution in [0.3, 0.4) is 0 Å². The van der Waals surface area contributed by atoms with Gasteiger partial charge < -0.3 is 10.6 Å². The Kier molecular flexibility index (Phi) is 3.44. The molecule has 90 valence electrons. The molecule has 4 nitrogen and oxygen atoms in total. The van der Waals surface area contributed by atoms with Crippen molar-refractivity contribution < 1.29 is 0 Å². The monoisotopic (exact) mass is 238 g/mol. The first kappa shape index (κ1) is 11.9. The zero-order chi connectivity index (χ0) is 13.0. The molecule has 1 aromatic carbocycles. The first-order valence-corrected chi connectivity index (χ1v) is 5.75. The molecular formula is C14H14N4. The predicted molar refractivity (Wildman–Crippen MR) is 72.5 cm³/mol. The zero-order valence-electron chi connectivity index (χ0n) is 10.2. The van der Waals surface area contributed by atoms with E-state index < -0.39 is 0 Å². The fraction of sp³-hybridized carbons (Fsp3) is 0.143. The average molecular weight is 238 g/mol. The third-order valence-corrected chi connectivity index (χ3v) is 2.73. The maximum atomic E-state index is 8.99. The minimum atomic E-state index is 0.422. The molecule has 0 fully saturated rings. The van der Waals surface area contributed by atoms with Gasteiger partial charge in [0, 0.05) is 18.4 Å². The van der Waals surface area contributed by atoms with Gasteiger partial charge in [-0.15, -0.1) is 0 Å². The number of benzene rings is 1. The third kappa shape index (κ3) is 2.11. The zero-order valence-corrected chi connectivity index (χ0v) is 10.2. The quantitative estimate of drug-likeness (QED) is 0.892. The van der Waals surface area contributed by atoms with E-state index in [9.17, 15) is 0 Å². The average Bonchev–Trinajstić information content (AvgIpc) is 2.43. The first-order chi connectivity index (χ1) is 8.77. The van der Waals surface area contributed by atoms with Gasteiger partial charge in [-0.1, -0.05) is 18.2 Å². The number of nitrogens with two attached hydrogens (primary N) is 1. The summed E-state index contributed by atoms with van der Waals surface area (Å²) in [4.78, 5) is 6.27. The van der Waals surface area contributed by atoms with Gasteiger partial charge in [0.05, 0.1) is 11.3 Å². The molecule has 1 heterocycles. The van der Waals surface area contributed by atoms with Gasteiger partial charge in [0.2, 0.25) is 0 Å². The number of rotatable bonds is 3. The van der Waals surface area contributed by atoms with E-state index in [0.717, 1.165) is 12.2 Å². The summed E-state index contributed by atoms with van der Waals surface area (Å²) in [5.74, 6) is 0.628. The molecule has 18 heavy (non-hydrogen) atoms. The van der Waals surface area contributed by atoms with E-state index >= 15 is 0 Å². The van der Waals surface area contributed by atoms with Crippen molar-refractivity contribution in [1.82, 2.24) is 4.98 Å². The van der Waals surface area contributed by atoms with Crippen molar-refractivity contribution in [1.29, 1.82) is 5.26 Å². The van der Waals surface area contributed by atoms with Crippen LogP contribution in [0.1, 0.15) is 12.5 Å². The highest BCUT2D eigenvalue weighted by molar-refractivity contribution is 5.75. The lowest BCUT2D eigenvalue weighted by Gasteiger charge is -2.23. The smallest absolute Gasteiger partial charge is 0.157 e. The van der Waals surface area contributed by atoms with Crippen LogP contribution in [-0.2, 0) is 0 Å². The minimum absolute atomic E-state index is 0.422. The summed E-state index contributed by atoms with van der Waals surface area (Å²) < 4.78 is 0. The summed E-state index contributed by atoms with van der Waals surface area (Å²) in [6.07, 6.45) is 1.61. The molecule has 2 aromatic rings. The van der Waals surface area contributed by atoms with Crippen LogP contribution < -0.4 is 10.6 Å². The van der Waals surface area contributed by atoms with Crippen molar-refractivity contribution in [3.05, 3.63) is 48.2 Å². The maximum Gasteiger partial charge on any atom is 0.157 e. The molecule has 0 saturated carbocycles. The van der Waals surface area contributed by atoms with Gasteiger partial charge in [0.1, 0.15) is 6.07 Å². The van der Waals surface area contributed by atoms with Crippen molar-refractivity contribution in [2.75, 3.05) is 17.2 Å². The highest BCUT2D eigenvalue weighted by Gasteiger charge is 2.13. The fourth-order valence-corrected chi connectivity index (χ4v) is 1.84.